The van der Waals surface area contributed by atoms with Gasteiger partial charge in [-0.2, -0.15) is 0 Å². The van der Waals surface area contributed by atoms with Crippen LogP contribution in [0.4, 0.5) is 0 Å². The number of carbonyl (C=O) groups is 2. The lowest BCUT2D eigenvalue weighted by Gasteiger charge is -2.22. The first-order valence-corrected chi connectivity index (χ1v) is 7.69. The van der Waals surface area contributed by atoms with Crippen LogP contribution in [0.25, 0.3) is 0 Å². The number of rotatable bonds is 5. The standard InChI is InChI=1S/C13H15NO6S/c1-8(5-6-20-2)14-12(15)10-4-3-9(13(16)17)7-11(10)21(14,18)19/h3-4,7-8H,5-6H2,1-2H3,(H,16,17). The maximum Gasteiger partial charge on any atom is 0.335 e. The number of carbonyl (C=O) groups excluding carboxylic acids is 1. The van der Waals surface area contributed by atoms with E-state index >= 15 is 0 Å². The number of carboxylic acids is 1. The van der Waals surface area contributed by atoms with Crippen LogP contribution in [0.1, 0.15) is 34.1 Å². The molecule has 1 unspecified atom stereocenters. The Bertz CT molecular complexity index is 697. The zero-order valence-corrected chi connectivity index (χ0v) is 12.4. The highest BCUT2D eigenvalue weighted by molar-refractivity contribution is 7.90. The van der Waals surface area contributed by atoms with Gasteiger partial charge in [-0.15, -0.1) is 0 Å². The first-order chi connectivity index (χ1) is 9.80. The van der Waals surface area contributed by atoms with E-state index in [4.69, 9.17) is 9.84 Å². The average molecular weight is 313 g/mol. The number of fused-ring (bicyclic) bond motifs is 1. The topological polar surface area (TPSA) is 101 Å². The first kappa shape index (κ1) is 15.5. The zero-order chi connectivity index (χ0) is 15.8. The van der Waals surface area contributed by atoms with Crippen molar-refractivity contribution in [3.05, 3.63) is 29.3 Å². The Morgan fingerprint density at radius 1 is 1.43 bits per heavy atom. The summed E-state index contributed by atoms with van der Waals surface area (Å²) in [6, 6.07) is 2.91. The van der Waals surface area contributed by atoms with Gasteiger partial charge in [0.15, 0.2) is 0 Å². The highest BCUT2D eigenvalue weighted by Gasteiger charge is 2.43. The molecule has 1 amide bonds. The van der Waals surface area contributed by atoms with E-state index < -0.39 is 27.9 Å². The Morgan fingerprint density at radius 3 is 2.67 bits per heavy atom. The molecule has 0 saturated carbocycles. The second kappa shape index (κ2) is 5.45. The van der Waals surface area contributed by atoms with Crippen LogP contribution in [0, 0.1) is 0 Å². The van der Waals surface area contributed by atoms with Crippen LogP contribution >= 0.6 is 0 Å². The zero-order valence-electron chi connectivity index (χ0n) is 11.6. The van der Waals surface area contributed by atoms with Crippen molar-refractivity contribution >= 4 is 21.9 Å². The molecule has 1 aromatic rings. The summed E-state index contributed by atoms with van der Waals surface area (Å²) in [5, 5.41) is 8.93. The first-order valence-electron chi connectivity index (χ1n) is 6.25. The Labute approximate surface area is 122 Å². The minimum absolute atomic E-state index is 0.00395. The van der Waals surface area contributed by atoms with Crippen LogP contribution in [0.5, 0.6) is 0 Å². The Kier molecular flexibility index (Phi) is 4.02. The molecule has 0 saturated heterocycles. The number of aromatic carboxylic acids is 1. The number of methoxy groups -OCH3 is 1. The molecule has 1 heterocycles. The molecule has 1 aliphatic rings. The molecule has 1 atom stereocenters. The quantitative estimate of drug-likeness (QED) is 0.868. The fourth-order valence-corrected chi connectivity index (χ4v) is 4.04. The molecule has 8 heteroatoms. The van der Waals surface area contributed by atoms with Crippen LogP contribution in [-0.4, -0.2) is 49.5 Å². The van der Waals surface area contributed by atoms with Gasteiger partial charge in [-0.1, -0.05) is 0 Å². The van der Waals surface area contributed by atoms with E-state index in [2.05, 4.69) is 0 Å². The summed E-state index contributed by atoms with van der Waals surface area (Å²) in [6.45, 7) is 1.93. The van der Waals surface area contributed by atoms with Crippen molar-refractivity contribution in [2.75, 3.05) is 13.7 Å². The molecule has 0 aromatic heterocycles. The van der Waals surface area contributed by atoms with E-state index in [1.165, 1.54) is 19.2 Å². The molecule has 2 rings (SSSR count). The molecule has 0 bridgehead atoms. The number of hydrogen-bond acceptors (Lipinski definition) is 5. The third kappa shape index (κ3) is 2.52. The van der Waals surface area contributed by atoms with Crippen molar-refractivity contribution in [3.63, 3.8) is 0 Å². The summed E-state index contributed by atoms with van der Waals surface area (Å²) in [4.78, 5) is 22.9. The second-order valence-corrected chi connectivity index (χ2v) is 6.54. The highest BCUT2D eigenvalue weighted by Crippen LogP contribution is 2.33. The Hall–Kier alpha value is -1.93. The number of benzene rings is 1. The predicted octanol–water partition coefficient (Wildman–Crippen LogP) is 0.954. The maximum atomic E-state index is 12.4. The lowest BCUT2D eigenvalue weighted by molar-refractivity contribution is 0.0695. The number of hydrogen-bond donors (Lipinski definition) is 1. The van der Waals surface area contributed by atoms with Crippen molar-refractivity contribution in [2.45, 2.75) is 24.3 Å². The van der Waals surface area contributed by atoms with Crippen LogP contribution in [0.15, 0.2) is 23.1 Å². The lowest BCUT2D eigenvalue weighted by Crippen LogP contribution is -2.38. The lowest BCUT2D eigenvalue weighted by atomic mass is 10.1. The summed E-state index contributed by atoms with van der Waals surface area (Å²) >= 11 is 0. The van der Waals surface area contributed by atoms with Crippen LogP contribution in [0.3, 0.4) is 0 Å². The third-order valence-electron chi connectivity index (χ3n) is 3.34. The molecule has 21 heavy (non-hydrogen) atoms. The van der Waals surface area contributed by atoms with E-state index in [1.807, 2.05) is 0 Å². The fraction of sp³-hybridized carbons (Fsp3) is 0.385. The molecule has 114 valence electrons. The average Bonchev–Trinajstić information content (AvgIpc) is 2.63. The van der Waals surface area contributed by atoms with Crippen molar-refractivity contribution < 1.29 is 27.9 Å². The largest absolute Gasteiger partial charge is 0.478 e. The number of carboxylic acid groups (broad SMARTS) is 1. The van der Waals surface area contributed by atoms with E-state index in [0.717, 1.165) is 10.4 Å². The number of ether oxygens (including phenoxy) is 1. The summed E-state index contributed by atoms with van der Waals surface area (Å²) in [5.74, 6) is -1.88. The Morgan fingerprint density at radius 2 is 2.10 bits per heavy atom. The minimum Gasteiger partial charge on any atom is -0.478 e. The van der Waals surface area contributed by atoms with Gasteiger partial charge in [-0.05, 0) is 31.5 Å². The van der Waals surface area contributed by atoms with Gasteiger partial charge in [-0.25, -0.2) is 17.5 Å². The van der Waals surface area contributed by atoms with Gasteiger partial charge >= 0.3 is 5.97 Å². The molecule has 1 aromatic carbocycles. The smallest absolute Gasteiger partial charge is 0.335 e. The molecule has 0 aliphatic carbocycles. The van der Waals surface area contributed by atoms with Crippen molar-refractivity contribution in [1.82, 2.24) is 4.31 Å². The van der Waals surface area contributed by atoms with E-state index in [-0.39, 0.29) is 16.0 Å². The van der Waals surface area contributed by atoms with Crippen molar-refractivity contribution in [1.29, 1.82) is 0 Å². The van der Waals surface area contributed by atoms with Crippen LogP contribution in [-0.2, 0) is 14.8 Å². The van der Waals surface area contributed by atoms with Crippen molar-refractivity contribution in [3.8, 4) is 0 Å². The highest BCUT2D eigenvalue weighted by atomic mass is 32.2. The van der Waals surface area contributed by atoms with Gasteiger partial charge in [0.2, 0.25) is 0 Å². The molecule has 0 radical (unpaired) electrons. The van der Waals surface area contributed by atoms with Gasteiger partial charge in [0.05, 0.1) is 11.1 Å². The number of amides is 1. The van der Waals surface area contributed by atoms with E-state index in [0.29, 0.717) is 13.0 Å². The van der Waals surface area contributed by atoms with Gasteiger partial charge in [0, 0.05) is 19.8 Å². The second-order valence-electron chi connectivity index (χ2n) is 4.75. The van der Waals surface area contributed by atoms with Gasteiger partial charge in [-0.3, -0.25) is 4.79 Å². The summed E-state index contributed by atoms with van der Waals surface area (Å²) < 4.78 is 30.6. The third-order valence-corrected chi connectivity index (χ3v) is 5.27. The molecule has 1 N–H and O–H groups in total. The van der Waals surface area contributed by atoms with Gasteiger partial charge in [0.1, 0.15) is 4.90 Å². The van der Waals surface area contributed by atoms with Crippen LogP contribution < -0.4 is 0 Å². The summed E-state index contributed by atoms with van der Waals surface area (Å²) in [6.07, 6.45) is 0.362. The summed E-state index contributed by atoms with van der Waals surface area (Å²) in [7, 11) is -2.53. The molecule has 7 nitrogen and oxygen atoms in total. The van der Waals surface area contributed by atoms with Crippen LogP contribution in [0.2, 0.25) is 0 Å². The predicted molar refractivity (Wildman–Crippen MR) is 72.7 cm³/mol. The normalized spacial score (nSPS) is 17.6. The van der Waals surface area contributed by atoms with Gasteiger partial charge < -0.3 is 9.84 Å². The SMILES string of the molecule is COCCC(C)N1C(=O)c2ccc(C(=O)O)cc2S1(=O)=O. The van der Waals surface area contributed by atoms with Gasteiger partial charge in [0.25, 0.3) is 15.9 Å². The summed E-state index contributed by atoms with van der Waals surface area (Å²) in [5.41, 5.74) is -0.166. The Balaban J connectivity index is 2.47. The molecular weight excluding hydrogens is 298 g/mol. The molecular formula is C13H15NO6S. The fourth-order valence-electron chi connectivity index (χ4n) is 2.22. The maximum absolute atomic E-state index is 12.4. The number of nitrogens with zero attached hydrogens (tertiary/aromatic N) is 1. The molecule has 0 spiro atoms. The minimum atomic E-state index is -4.02. The molecule has 1 aliphatic heterocycles. The molecule has 0 fully saturated rings. The van der Waals surface area contributed by atoms with E-state index in [9.17, 15) is 18.0 Å². The monoisotopic (exact) mass is 313 g/mol. The number of sulfonamides is 1. The van der Waals surface area contributed by atoms with E-state index in [1.54, 1.807) is 6.92 Å². The van der Waals surface area contributed by atoms with Crippen molar-refractivity contribution in [2.24, 2.45) is 0 Å².